The molecule has 0 aliphatic carbocycles. The number of hydrogen-bond acceptors (Lipinski definition) is 0. The Bertz CT molecular complexity index is 24.6. The van der Waals surface area contributed by atoms with Gasteiger partial charge in [-0.3, -0.25) is 0 Å². The van der Waals surface area contributed by atoms with Gasteiger partial charge in [0.1, 0.15) is 0 Å². The molecule has 0 spiro atoms. The fourth-order valence-electron chi connectivity index (χ4n) is 0. The van der Waals surface area contributed by atoms with Crippen molar-refractivity contribution < 1.29 is 0 Å². The summed E-state index contributed by atoms with van der Waals surface area (Å²) in [4.78, 5) is 0. The van der Waals surface area contributed by atoms with Crippen molar-refractivity contribution in [2.24, 2.45) is 0 Å². The summed E-state index contributed by atoms with van der Waals surface area (Å²) in [5.74, 6) is 0. The average Bonchev–Trinajstić information content (AvgIpc) is 1.37. The van der Waals surface area contributed by atoms with Gasteiger partial charge in [-0.1, -0.05) is 25.3 Å². The van der Waals surface area contributed by atoms with Crippen molar-refractivity contribution in [3.05, 3.63) is 25.3 Å². The first-order valence-electron chi connectivity index (χ1n) is 1.15. The molecule has 0 saturated carbocycles. The summed E-state index contributed by atoms with van der Waals surface area (Å²) in [6.07, 6.45) is 3.28. The molecular formula is C4H8Te. The first-order chi connectivity index (χ1) is 1.91. The van der Waals surface area contributed by atoms with Crippen molar-refractivity contribution in [1.29, 1.82) is 0 Å². The number of allylic oxidation sites excluding steroid dienone is 2. The summed E-state index contributed by atoms with van der Waals surface area (Å²) in [7, 11) is 0. The van der Waals surface area contributed by atoms with Crippen LogP contribution in [0.4, 0.5) is 0 Å². The first kappa shape index (κ1) is 8.99. The molecule has 0 fully saturated rings. The van der Waals surface area contributed by atoms with Crippen LogP contribution in [0.1, 0.15) is 0 Å². The second-order valence-corrected chi connectivity index (χ2v) is 0.471. The van der Waals surface area contributed by atoms with Crippen molar-refractivity contribution in [2.75, 3.05) is 0 Å². The van der Waals surface area contributed by atoms with Crippen LogP contribution in [0.15, 0.2) is 25.3 Å². The van der Waals surface area contributed by atoms with Crippen LogP contribution >= 0.6 is 0 Å². The fraction of sp³-hybridized carbons (Fsp3) is 0. The van der Waals surface area contributed by atoms with E-state index in [2.05, 4.69) is 13.2 Å². The Balaban J connectivity index is 0. The monoisotopic (exact) mass is 186 g/mol. The molecule has 0 heterocycles. The molecule has 0 aromatic rings. The Morgan fingerprint density at radius 1 is 1.00 bits per heavy atom. The third kappa shape index (κ3) is 13.6. The molecule has 0 unspecified atom stereocenters. The predicted molar refractivity (Wildman–Crippen MR) is 28.9 cm³/mol. The molecule has 30 valence electrons. The predicted octanol–water partition coefficient (Wildman–Crippen LogP) is 0.442. The van der Waals surface area contributed by atoms with Gasteiger partial charge in [0.05, 0.1) is 0 Å². The normalized spacial score (nSPS) is 4.00. The maximum absolute atomic E-state index is 3.36. The van der Waals surface area contributed by atoms with Gasteiger partial charge in [-0.15, -0.1) is 0 Å². The van der Waals surface area contributed by atoms with Crippen LogP contribution in [0, 0.1) is 0 Å². The molecular weight excluding hydrogens is 176 g/mol. The van der Waals surface area contributed by atoms with Gasteiger partial charge in [0.15, 0.2) is 0 Å². The van der Waals surface area contributed by atoms with Crippen LogP contribution in [0.5, 0.6) is 0 Å². The topological polar surface area (TPSA) is 0 Å². The second-order valence-electron chi connectivity index (χ2n) is 0.471. The average molecular weight is 184 g/mol. The van der Waals surface area contributed by atoms with E-state index in [1.165, 1.54) is 0 Å². The number of rotatable bonds is 1. The Hall–Kier alpha value is 0.270. The van der Waals surface area contributed by atoms with Gasteiger partial charge in [0.2, 0.25) is 0 Å². The van der Waals surface area contributed by atoms with Crippen molar-refractivity contribution >= 4 is 23.7 Å². The van der Waals surface area contributed by atoms with Gasteiger partial charge in [-0.25, -0.2) is 0 Å². The van der Waals surface area contributed by atoms with Crippen molar-refractivity contribution in [1.82, 2.24) is 0 Å². The van der Waals surface area contributed by atoms with Crippen LogP contribution < -0.4 is 0 Å². The molecule has 5 heavy (non-hydrogen) atoms. The SMILES string of the molecule is C=CC=C.[TeH2]. The van der Waals surface area contributed by atoms with Gasteiger partial charge < -0.3 is 0 Å². The van der Waals surface area contributed by atoms with E-state index in [0.717, 1.165) is 0 Å². The van der Waals surface area contributed by atoms with Crippen LogP contribution in [-0.4, -0.2) is 23.7 Å². The van der Waals surface area contributed by atoms with E-state index in [1.54, 1.807) is 12.2 Å². The van der Waals surface area contributed by atoms with Gasteiger partial charge >= 0.3 is 23.7 Å². The summed E-state index contributed by atoms with van der Waals surface area (Å²) in [5, 5.41) is 0. The molecule has 1 heteroatoms. The summed E-state index contributed by atoms with van der Waals surface area (Å²) in [6.45, 7) is 6.72. The molecule has 0 nitrogen and oxygen atoms in total. The fourth-order valence-corrected chi connectivity index (χ4v) is 0. The van der Waals surface area contributed by atoms with E-state index < -0.39 is 0 Å². The molecule has 0 saturated heterocycles. The van der Waals surface area contributed by atoms with E-state index in [0.29, 0.717) is 0 Å². The molecule has 0 rings (SSSR count). The molecule has 0 amide bonds. The molecule has 0 radical (unpaired) electrons. The molecule has 0 aromatic heterocycles. The van der Waals surface area contributed by atoms with E-state index in [4.69, 9.17) is 0 Å². The Morgan fingerprint density at radius 2 is 1.20 bits per heavy atom. The van der Waals surface area contributed by atoms with E-state index in [-0.39, 0.29) is 23.7 Å². The molecule has 0 atom stereocenters. The summed E-state index contributed by atoms with van der Waals surface area (Å²) in [6, 6.07) is 0. The molecule has 0 aliphatic heterocycles. The zero-order chi connectivity index (χ0) is 3.41. The molecule has 0 aromatic carbocycles. The quantitative estimate of drug-likeness (QED) is 0.409. The summed E-state index contributed by atoms with van der Waals surface area (Å²) < 4.78 is 0. The van der Waals surface area contributed by atoms with Crippen molar-refractivity contribution in [3.8, 4) is 0 Å². The summed E-state index contributed by atoms with van der Waals surface area (Å²) >= 11 is 0. The van der Waals surface area contributed by atoms with E-state index >= 15 is 0 Å². The van der Waals surface area contributed by atoms with Gasteiger partial charge in [-0.2, -0.15) is 0 Å². The van der Waals surface area contributed by atoms with Crippen LogP contribution in [0.2, 0.25) is 0 Å². The van der Waals surface area contributed by atoms with Gasteiger partial charge in [-0.05, 0) is 0 Å². The minimum absolute atomic E-state index is 0. The third-order valence-electron chi connectivity index (χ3n) is 0.167. The first-order valence-corrected chi connectivity index (χ1v) is 1.15. The molecule has 0 bridgehead atoms. The summed E-state index contributed by atoms with van der Waals surface area (Å²) in [5.41, 5.74) is 0. The zero-order valence-corrected chi connectivity index (χ0v) is 5.92. The van der Waals surface area contributed by atoms with E-state index in [1.807, 2.05) is 0 Å². The minimum atomic E-state index is 0. The zero-order valence-electron chi connectivity index (χ0n) is 3.07. The standard InChI is InChI=1S/C4H6.H2Te/c1-3-4-2;/h3-4H,1-2H2;1H2. The van der Waals surface area contributed by atoms with Crippen LogP contribution in [0.3, 0.4) is 0 Å². The van der Waals surface area contributed by atoms with Gasteiger partial charge in [0, 0.05) is 0 Å². The number of hydrogen-bond donors (Lipinski definition) is 0. The maximum atomic E-state index is 3.36. The molecule has 0 N–H and O–H groups in total. The van der Waals surface area contributed by atoms with Crippen LogP contribution in [-0.2, 0) is 0 Å². The Morgan fingerprint density at radius 3 is 1.20 bits per heavy atom. The Kier molecular flexibility index (Phi) is 15.9. The van der Waals surface area contributed by atoms with E-state index in [9.17, 15) is 0 Å². The van der Waals surface area contributed by atoms with Crippen LogP contribution in [0.25, 0.3) is 0 Å². The van der Waals surface area contributed by atoms with Gasteiger partial charge in [0.25, 0.3) is 0 Å². The third-order valence-corrected chi connectivity index (χ3v) is 0.167. The second kappa shape index (κ2) is 8.86. The molecule has 0 aliphatic rings. The Labute approximate surface area is 49.3 Å². The van der Waals surface area contributed by atoms with Crippen molar-refractivity contribution in [3.63, 3.8) is 0 Å². The van der Waals surface area contributed by atoms with Crippen molar-refractivity contribution in [2.45, 2.75) is 0 Å².